The van der Waals surface area contributed by atoms with E-state index in [1.165, 1.54) is 0 Å². The van der Waals surface area contributed by atoms with Crippen molar-refractivity contribution in [2.24, 2.45) is 0 Å². The Bertz CT molecular complexity index is 1220. The SMILES string of the molecule is C=C(C=c1nc(CNC(=O)OC(C)(C)C)oc1=C(C)Cl)c1ccc(C(=O)N2CC(F)(F)C2)cc1. The second-order valence-electron chi connectivity index (χ2n) is 8.97. The molecule has 0 bridgehead atoms. The number of carbonyl (C=O) groups excluding carboxylic acids is 2. The van der Waals surface area contributed by atoms with Crippen molar-refractivity contribution in [2.45, 2.75) is 45.8 Å². The molecule has 0 atom stereocenters. The maximum atomic E-state index is 13.0. The predicted octanol–water partition coefficient (Wildman–Crippen LogP) is 3.65. The summed E-state index contributed by atoms with van der Waals surface area (Å²) in [6.45, 7) is 9.81. The van der Waals surface area contributed by atoms with Crippen LogP contribution in [0.2, 0.25) is 0 Å². The molecule has 1 fully saturated rings. The van der Waals surface area contributed by atoms with Crippen molar-refractivity contribution in [3.8, 4) is 0 Å². The van der Waals surface area contributed by atoms with Crippen molar-refractivity contribution < 1.29 is 27.5 Å². The first kappa shape index (κ1) is 25.4. The van der Waals surface area contributed by atoms with E-state index in [1.807, 2.05) is 0 Å². The van der Waals surface area contributed by atoms with Crippen LogP contribution in [0.25, 0.3) is 16.7 Å². The number of allylic oxidation sites excluding steroid dienone is 1. The maximum absolute atomic E-state index is 13.0. The summed E-state index contributed by atoms with van der Waals surface area (Å²) < 4.78 is 36.9. The van der Waals surface area contributed by atoms with Gasteiger partial charge in [-0.15, -0.1) is 0 Å². The predicted molar refractivity (Wildman–Crippen MR) is 125 cm³/mol. The normalized spacial score (nSPS) is 16.6. The lowest BCUT2D eigenvalue weighted by Crippen LogP contribution is -2.58. The Labute approximate surface area is 200 Å². The number of hydrogen-bond donors (Lipinski definition) is 1. The summed E-state index contributed by atoms with van der Waals surface area (Å²) in [4.78, 5) is 29.6. The van der Waals surface area contributed by atoms with Gasteiger partial charge in [0.2, 0.25) is 5.89 Å². The van der Waals surface area contributed by atoms with E-state index in [0.717, 1.165) is 4.90 Å². The average molecular weight is 494 g/mol. The smallest absolute Gasteiger partial charge is 0.408 e. The molecule has 1 aromatic carbocycles. The largest absolute Gasteiger partial charge is 0.444 e. The molecule has 34 heavy (non-hydrogen) atoms. The fraction of sp³-hybridized carbons (Fsp3) is 0.375. The third-order valence-electron chi connectivity index (χ3n) is 4.74. The molecule has 0 unspecified atom stereocenters. The lowest BCUT2D eigenvalue weighted by atomic mass is 10.0. The second-order valence-corrected chi connectivity index (χ2v) is 9.54. The van der Waals surface area contributed by atoms with Crippen LogP contribution in [0.3, 0.4) is 0 Å². The molecule has 182 valence electrons. The molecule has 3 rings (SSSR count). The van der Waals surface area contributed by atoms with E-state index in [4.69, 9.17) is 20.8 Å². The van der Waals surface area contributed by atoms with E-state index >= 15 is 0 Å². The summed E-state index contributed by atoms with van der Waals surface area (Å²) in [5, 5.41) is 3.35. The van der Waals surface area contributed by atoms with Gasteiger partial charge in [-0.05, 0) is 57.0 Å². The number of benzene rings is 1. The molecule has 2 amide bonds. The highest BCUT2D eigenvalue weighted by Crippen LogP contribution is 2.28. The standard InChI is InChI=1S/C24H26ClF2N3O4/c1-14(16-6-8-17(9-7-16)21(31)30-12-24(26,27)13-30)10-18-20(15(2)25)33-19(29-18)11-28-22(32)34-23(3,4)5/h6-10H,1,11-13H2,2-5H3,(H,28,32). The number of hydrogen-bond acceptors (Lipinski definition) is 5. The van der Waals surface area contributed by atoms with Crippen LogP contribution < -0.4 is 16.1 Å². The van der Waals surface area contributed by atoms with Crippen molar-refractivity contribution in [3.05, 3.63) is 58.6 Å². The van der Waals surface area contributed by atoms with E-state index in [0.29, 0.717) is 32.5 Å². The zero-order valence-electron chi connectivity index (χ0n) is 19.4. The highest BCUT2D eigenvalue weighted by molar-refractivity contribution is 6.44. The number of oxazole rings is 1. The first-order chi connectivity index (χ1) is 15.7. The Hall–Kier alpha value is -3.20. The molecular weight excluding hydrogens is 468 g/mol. The summed E-state index contributed by atoms with van der Waals surface area (Å²) in [5.74, 6) is -3.03. The quantitative estimate of drug-likeness (QED) is 0.687. The number of nitrogens with zero attached hydrogens (tertiary/aromatic N) is 2. The number of amides is 2. The van der Waals surface area contributed by atoms with E-state index in [-0.39, 0.29) is 12.4 Å². The Morgan fingerprint density at radius 2 is 1.85 bits per heavy atom. The molecular formula is C24H26ClF2N3O4. The molecule has 2 heterocycles. The molecule has 0 aliphatic carbocycles. The van der Waals surface area contributed by atoms with Gasteiger partial charge in [-0.1, -0.05) is 30.3 Å². The molecule has 1 N–H and O–H groups in total. The summed E-state index contributed by atoms with van der Waals surface area (Å²) in [6, 6.07) is 6.47. The Morgan fingerprint density at radius 1 is 1.26 bits per heavy atom. The topological polar surface area (TPSA) is 84.7 Å². The van der Waals surface area contributed by atoms with Gasteiger partial charge in [-0.3, -0.25) is 4.79 Å². The fourth-order valence-electron chi connectivity index (χ4n) is 3.17. The Balaban J connectivity index is 1.74. The fourth-order valence-corrected chi connectivity index (χ4v) is 3.31. The number of aromatic nitrogens is 1. The van der Waals surface area contributed by atoms with Gasteiger partial charge in [0.25, 0.3) is 11.8 Å². The highest BCUT2D eigenvalue weighted by Gasteiger charge is 2.46. The van der Waals surface area contributed by atoms with Crippen molar-refractivity contribution >= 4 is 40.3 Å². The van der Waals surface area contributed by atoms with Crippen molar-refractivity contribution in [2.75, 3.05) is 13.1 Å². The third kappa shape index (κ3) is 6.44. The lowest BCUT2D eigenvalue weighted by molar-refractivity contribution is -0.113. The zero-order valence-corrected chi connectivity index (χ0v) is 20.1. The Morgan fingerprint density at radius 3 is 2.38 bits per heavy atom. The van der Waals surface area contributed by atoms with Crippen LogP contribution in [0, 0.1) is 0 Å². The summed E-state index contributed by atoms with van der Waals surface area (Å²) >= 11 is 6.15. The van der Waals surface area contributed by atoms with Crippen LogP contribution in [0.15, 0.2) is 35.3 Å². The van der Waals surface area contributed by atoms with Crippen LogP contribution in [0.4, 0.5) is 13.6 Å². The van der Waals surface area contributed by atoms with Gasteiger partial charge < -0.3 is 19.4 Å². The number of alkyl carbamates (subject to hydrolysis) is 1. The van der Waals surface area contributed by atoms with Crippen LogP contribution >= 0.6 is 11.6 Å². The molecule has 7 nitrogen and oxygen atoms in total. The molecule has 1 aliphatic heterocycles. The molecule has 2 aromatic rings. The van der Waals surface area contributed by atoms with Gasteiger partial charge >= 0.3 is 6.09 Å². The summed E-state index contributed by atoms with van der Waals surface area (Å²) in [7, 11) is 0. The van der Waals surface area contributed by atoms with Gasteiger partial charge in [0.15, 0.2) is 5.42 Å². The summed E-state index contributed by atoms with van der Waals surface area (Å²) in [6.07, 6.45) is 1.06. The number of carbonyl (C=O) groups is 2. The monoisotopic (exact) mass is 493 g/mol. The van der Waals surface area contributed by atoms with Gasteiger partial charge in [-0.2, -0.15) is 0 Å². The third-order valence-corrected chi connectivity index (χ3v) is 4.91. The number of nitrogens with one attached hydrogen (secondary N) is 1. The summed E-state index contributed by atoms with van der Waals surface area (Å²) in [5.41, 5.74) is 1.27. The van der Waals surface area contributed by atoms with Gasteiger partial charge in [0.1, 0.15) is 11.0 Å². The first-order valence-electron chi connectivity index (χ1n) is 10.5. The van der Waals surface area contributed by atoms with Gasteiger partial charge in [0.05, 0.1) is 24.7 Å². The van der Waals surface area contributed by atoms with Crippen LogP contribution in [-0.2, 0) is 11.3 Å². The zero-order chi connectivity index (χ0) is 25.3. The number of alkyl halides is 2. The lowest BCUT2D eigenvalue weighted by Gasteiger charge is -2.38. The van der Waals surface area contributed by atoms with Crippen molar-refractivity contribution in [1.82, 2.24) is 15.2 Å². The number of ether oxygens (including phenoxy) is 1. The minimum atomic E-state index is -2.81. The number of likely N-dealkylation sites (tertiary alicyclic amines) is 1. The molecule has 10 heteroatoms. The van der Waals surface area contributed by atoms with E-state index in [9.17, 15) is 18.4 Å². The van der Waals surface area contributed by atoms with Crippen LogP contribution in [0.1, 0.15) is 49.5 Å². The molecule has 0 radical (unpaired) electrons. The molecule has 1 saturated heterocycles. The number of rotatable bonds is 5. The van der Waals surface area contributed by atoms with Crippen LogP contribution in [-0.4, -0.2) is 46.5 Å². The second kappa shape index (κ2) is 9.58. The highest BCUT2D eigenvalue weighted by atomic mass is 35.5. The van der Waals surface area contributed by atoms with Crippen LogP contribution in [0.5, 0.6) is 0 Å². The van der Waals surface area contributed by atoms with E-state index < -0.39 is 36.6 Å². The van der Waals surface area contributed by atoms with E-state index in [2.05, 4.69) is 16.9 Å². The molecule has 1 aliphatic rings. The molecule has 0 saturated carbocycles. The van der Waals surface area contributed by atoms with Gasteiger partial charge in [0, 0.05) is 5.56 Å². The van der Waals surface area contributed by atoms with Crippen molar-refractivity contribution in [3.63, 3.8) is 0 Å². The van der Waals surface area contributed by atoms with E-state index in [1.54, 1.807) is 58.0 Å². The minimum Gasteiger partial charge on any atom is -0.444 e. The minimum absolute atomic E-state index is 0.00124. The number of halogens is 3. The van der Waals surface area contributed by atoms with Gasteiger partial charge in [-0.25, -0.2) is 18.6 Å². The first-order valence-corrected chi connectivity index (χ1v) is 10.9. The average Bonchev–Trinajstić information content (AvgIpc) is 3.11. The van der Waals surface area contributed by atoms with Crippen molar-refractivity contribution in [1.29, 1.82) is 0 Å². The maximum Gasteiger partial charge on any atom is 0.408 e. The Kier molecular flexibility index (Phi) is 7.16. The molecule has 1 aromatic heterocycles. The molecule has 0 spiro atoms.